The predicted molar refractivity (Wildman–Crippen MR) is 66.4 cm³/mol. The Hall–Kier alpha value is -1.60. The van der Waals surface area contributed by atoms with Crippen molar-refractivity contribution in [3.63, 3.8) is 0 Å². The fraction of sp³-hybridized carbons (Fsp3) is 0. The molecule has 3 rings (SSSR count). The Bertz CT molecular complexity index is 506. The summed E-state index contributed by atoms with van der Waals surface area (Å²) in [6.45, 7) is 0. The van der Waals surface area contributed by atoms with Crippen LogP contribution in [-0.4, -0.2) is 0 Å². The van der Waals surface area contributed by atoms with Crippen molar-refractivity contribution in [2.75, 3.05) is 0 Å². The van der Waals surface area contributed by atoms with E-state index in [-0.39, 0.29) is 0 Å². The van der Waals surface area contributed by atoms with Crippen LogP contribution in [0.4, 0.5) is 0 Å². The number of hydrogen-bond donors (Lipinski definition) is 0. The second kappa shape index (κ2) is 3.52. The summed E-state index contributed by atoms with van der Waals surface area (Å²) in [6, 6.07) is 19.3. The number of thiophene rings is 1. The van der Waals surface area contributed by atoms with Gasteiger partial charge in [0.2, 0.25) is 0 Å². The Morgan fingerprint density at radius 2 is 1.40 bits per heavy atom. The van der Waals surface area contributed by atoms with Gasteiger partial charge in [0, 0.05) is 4.88 Å². The molecule has 1 aromatic rings. The molecule has 1 heterocycles. The van der Waals surface area contributed by atoms with E-state index in [9.17, 15) is 0 Å². The number of fused-ring (bicyclic) bond motifs is 1. The van der Waals surface area contributed by atoms with Crippen molar-refractivity contribution in [1.82, 2.24) is 0 Å². The van der Waals surface area contributed by atoms with Crippen molar-refractivity contribution in [1.29, 1.82) is 0 Å². The van der Waals surface area contributed by atoms with Crippen LogP contribution in [0.1, 0.15) is 0 Å². The highest BCUT2D eigenvalue weighted by molar-refractivity contribution is 7.13. The second-order valence-corrected chi connectivity index (χ2v) is 4.49. The van der Waals surface area contributed by atoms with Gasteiger partial charge >= 0.3 is 0 Å². The van der Waals surface area contributed by atoms with Crippen LogP contribution in [0.2, 0.25) is 0 Å². The first-order valence-corrected chi connectivity index (χ1v) is 5.84. The Kier molecular flexibility index (Phi) is 2.04. The third-order valence-electron chi connectivity index (χ3n) is 2.53. The van der Waals surface area contributed by atoms with Gasteiger partial charge in [0.05, 0.1) is 0 Å². The van der Waals surface area contributed by atoms with E-state index in [2.05, 4.69) is 60.0 Å². The largest absolute Gasteiger partial charge is 0.144 e. The molecule has 0 unspecified atom stereocenters. The van der Waals surface area contributed by atoms with Gasteiger partial charge in [-0.2, -0.15) is 0 Å². The topological polar surface area (TPSA) is 0 Å². The lowest BCUT2D eigenvalue weighted by atomic mass is 10.2. The van der Waals surface area contributed by atoms with Crippen molar-refractivity contribution in [3.8, 4) is 21.6 Å². The molecule has 1 heteroatoms. The van der Waals surface area contributed by atoms with Gasteiger partial charge in [-0.3, -0.25) is 0 Å². The van der Waals surface area contributed by atoms with Crippen LogP contribution in [0.3, 0.4) is 0 Å². The van der Waals surface area contributed by atoms with Crippen LogP contribution in [0.25, 0.3) is 21.6 Å². The summed E-state index contributed by atoms with van der Waals surface area (Å²) < 4.78 is 0. The van der Waals surface area contributed by atoms with Crippen molar-refractivity contribution >= 4 is 11.3 Å². The van der Waals surface area contributed by atoms with Crippen molar-refractivity contribution in [3.05, 3.63) is 60.0 Å². The molecular weight excluding hydrogens is 200 g/mol. The smallest absolute Gasteiger partial charge is 0.0343 e. The third kappa shape index (κ3) is 1.55. The summed E-state index contributed by atoms with van der Waals surface area (Å²) >= 11 is 1.79. The lowest BCUT2D eigenvalue weighted by Crippen LogP contribution is -1.59. The van der Waals surface area contributed by atoms with Gasteiger partial charge in [-0.1, -0.05) is 36.4 Å². The second-order valence-electron chi connectivity index (χ2n) is 3.54. The summed E-state index contributed by atoms with van der Waals surface area (Å²) in [6.07, 6.45) is 0. The number of rotatable bonds is 1. The first-order valence-electron chi connectivity index (χ1n) is 4.96. The van der Waals surface area contributed by atoms with E-state index in [0.29, 0.717) is 0 Å². The summed E-state index contributed by atoms with van der Waals surface area (Å²) in [5, 5.41) is 2.12. The van der Waals surface area contributed by atoms with Crippen molar-refractivity contribution in [2.24, 2.45) is 0 Å². The third-order valence-corrected chi connectivity index (χ3v) is 3.45. The van der Waals surface area contributed by atoms with Gasteiger partial charge in [-0.15, -0.1) is 11.3 Å². The van der Waals surface area contributed by atoms with Gasteiger partial charge < -0.3 is 0 Å². The molecule has 0 aromatic carbocycles. The molecule has 2 aliphatic rings. The minimum Gasteiger partial charge on any atom is -0.144 e. The summed E-state index contributed by atoms with van der Waals surface area (Å²) in [4.78, 5) is 1.34. The van der Waals surface area contributed by atoms with Crippen LogP contribution >= 0.6 is 11.3 Å². The van der Waals surface area contributed by atoms with Crippen LogP contribution in [-0.2, 0) is 0 Å². The van der Waals surface area contributed by atoms with Gasteiger partial charge in [0.25, 0.3) is 0 Å². The highest BCUT2D eigenvalue weighted by Crippen LogP contribution is 2.33. The summed E-state index contributed by atoms with van der Waals surface area (Å²) in [7, 11) is 0. The highest BCUT2D eigenvalue weighted by Gasteiger charge is 2.06. The standard InChI is InChI=1S/C14H10S/c1-2-5-11-9-13(10-12(11)6-3-1)14-7-4-8-15-14/h1-10H. The molecule has 0 saturated heterocycles. The molecule has 72 valence electrons. The first kappa shape index (κ1) is 8.69. The van der Waals surface area contributed by atoms with Crippen molar-refractivity contribution in [2.45, 2.75) is 0 Å². The maximum atomic E-state index is 2.25. The molecular formula is C14H10S. The molecule has 0 nitrogen and oxygen atoms in total. The van der Waals surface area contributed by atoms with Crippen LogP contribution < -0.4 is 0 Å². The SMILES string of the molecule is c1ccc2cc(-c3cccs3)cc-2cc1. The fourth-order valence-electron chi connectivity index (χ4n) is 1.80. The summed E-state index contributed by atoms with van der Waals surface area (Å²) in [5.41, 5.74) is 3.94. The van der Waals surface area contributed by atoms with E-state index in [0.717, 1.165) is 0 Å². The Morgan fingerprint density at radius 3 is 2.00 bits per heavy atom. The molecule has 1 aromatic heterocycles. The average Bonchev–Trinajstić information content (AvgIpc) is 2.84. The van der Waals surface area contributed by atoms with Gasteiger partial charge in [-0.05, 0) is 40.3 Å². The molecule has 2 aliphatic carbocycles. The van der Waals surface area contributed by atoms with E-state index in [1.165, 1.54) is 21.6 Å². The highest BCUT2D eigenvalue weighted by atomic mass is 32.1. The molecule has 0 atom stereocenters. The number of hydrogen-bond acceptors (Lipinski definition) is 1. The van der Waals surface area contributed by atoms with E-state index >= 15 is 0 Å². The fourth-order valence-corrected chi connectivity index (χ4v) is 2.51. The molecule has 0 bridgehead atoms. The molecule has 15 heavy (non-hydrogen) atoms. The minimum absolute atomic E-state index is 1.31. The maximum absolute atomic E-state index is 2.25. The zero-order valence-electron chi connectivity index (χ0n) is 8.18. The normalized spacial score (nSPS) is 10.7. The van der Waals surface area contributed by atoms with Crippen LogP contribution in [0.15, 0.2) is 60.0 Å². The summed E-state index contributed by atoms with van der Waals surface area (Å²) in [5.74, 6) is 0. The monoisotopic (exact) mass is 210 g/mol. The molecule has 0 fully saturated rings. The van der Waals surface area contributed by atoms with Gasteiger partial charge in [0.15, 0.2) is 0 Å². The van der Waals surface area contributed by atoms with Gasteiger partial charge in [-0.25, -0.2) is 0 Å². The average molecular weight is 210 g/mol. The molecule has 0 aliphatic heterocycles. The Morgan fingerprint density at radius 1 is 0.667 bits per heavy atom. The molecule has 0 radical (unpaired) electrons. The van der Waals surface area contributed by atoms with E-state index in [1.54, 1.807) is 11.3 Å². The van der Waals surface area contributed by atoms with Crippen molar-refractivity contribution < 1.29 is 0 Å². The molecule has 0 amide bonds. The molecule has 0 saturated carbocycles. The maximum Gasteiger partial charge on any atom is 0.0343 e. The quantitative estimate of drug-likeness (QED) is 0.554. The van der Waals surface area contributed by atoms with E-state index in [4.69, 9.17) is 0 Å². The minimum atomic E-state index is 1.31. The van der Waals surface area contributed by atoms with E-state index in [1.807, 2.05) is 0 Å². The lowest BCUT2D eigenvalue weighted by Gasteiger charge is -1.86. The van der Waals surface area contributed by atoms with Crippen LogP contribution in [0, 0.1) is 0 Å². The Labute approximate surface area is 93.2 Å². The zero-order chi connectivity index (χ0) is 10.1. The first-order chi connectivity index (χ1) is 7.43. The molecule has 0 N–H and O–H groups in total. The molecule has 0 spiro atoms. The van der Waals surface area contributed by atoms with Crippen LogP contribution in [0.5, 0.6) is 0 Å². The predicted octanol–water partition coefficient (Wildman–Crippen LogP) is 4.52. The van der Waals surface area contributed by atoms with Gasteiger partial charge in [0.1, 0.15) is 0 Å². The Balaban J connectivity index is 2.20. The zero-order valence-corrected chi connectivity index (χ0v) is 9.00. The van der Waals surface area contributed by atoms with E-state index < -0.39 is 0 Å². The lowest BCUT2D eigenvalue weighted by molar-refractivity contribution is 1.84.